The molecule has 1 fully saturated rings. The molecule has 0 saturated carbocycles. The standard InChI is InChI=1S/C29H30ClF3N6O5S/c1-15-19(30)7-6-8-20(15)38-21(29(31,32)33)14-18-22(24(39(42)43)25(45-5)36-23(18)26(38)40)35-16-10-12-37(17(13-16)9-11-34)27(41)44-28(2,3)4/h6-8,14,16-17H,9-10,12-13H2,1-5H3,(H,35,36)/t16-,17+/m0/s1. The first kappa shape index (κ1) is 33.9. The fraction of sp³-hybridized carbons (Fsp3) is 0.448. The summed E-state index contributed by atoms with van der Waals surface area (Å²) in [4.78, 5) is 43.9. The summed E-state index contributed by atoms with van der Waals surface area (Å²) >= 11 is 7.04. The molecule has 3 aromatic rings. The molecule has 1 N–H and O–H groups in total. The summed E-state index contributed by atoms with van der Waals surface area (Å²) in [5, 5.41) is 24.4. The topological polar surface area (TPSA) is 143 Å². The van der Waals surface area contributed by atoms with Crippen LogP contribution in [0.25, 0.3) is 16.6 Å². The highest BCUT2D eigenvalue weighted by Gasteiger charge is 2.39. The van der Waals surface area contributed by atoms with E-state index in [-0.39, 0.29) is 58.2 Å². The third-order valence-corrected chi connectivity index (χ3v) is 8.35. The largest absolute Gasteiger partial charge is 0.444 e. The Labute approximate surface area is 265 Å². The number of rotatable bonds is 6. The van der Waals surface area contributed by atoms with E-state index in [1.807, 2.05) is 6.07 Å². The number of nitrogens with one attached hydrogen (secondary N) is 1. The monoisotopic (exact) mass is 666 g/mol. The summed E-state index contributed by atoms with van der Waals surface area (Å²) < 4.78 is 49.7. The van der Waals surface area contributed by atoms with Gasteiger partial charge in [0.2, 0.25) is 0 Å². The molecular formula is C29H30ClF3N6O5S. The number of likely N-dealkylation sites (tertiary alicyclic amines) is 1. The second-order valence-corrected chi connectivity index (χ2v) is 12.7. The number of hydrogen-bond acceptors (Lipinski definition) is 9. The zero-order valence-corrected chi connectivity index (χ0v) is 26.6. The number of alkyl halides is 3. The van der Waals surface area contributed by atoms with Gasteiger partial charge in [0, 0.05) is 29.0 Å². The van der Waals surface area contributed by atoms with Gasteiger partial charge in [0.1, 0.15) is 22.5 Å². The summed E-state index contributed by atoms with van der Waals surface area (Å²) in [7, 11) is 0. The number of anilines is 1. The van der Waals surface area contributed by atoms with Crippen molar-refractivity contribution in [2.75, 3.05) is 18.1 Å². The number of nitrogens with zero attached hydrogens (tertiary/aromatic N) is 5. The number of carbonyl (C=O) groups is 1. The lowest BCUT2D eigenvalue weighted by Gasteiger charge is -2.39. The van der Waals surface area contributed by atoms with Gasteiger partial charge in [-0.3, -0.25) is 19.5 Å². The molecule has 3 heterocycles. The van der Waals surface area contributed by atoms with E-state index in [0.29, 0.717) is 10.6 Å². The predicted molar refractivity (Wildman–Crippen MR) is 164 cm³/mol. The van der Waals surface area contributed by atoms with Crippen LogP contribution in [0, 0.1) is 28.4 Å². The molecule has 0 unspecified atom stereocenters. The lowest BCUT2D eigenvalue weighted by molar-refractivity contribution is -0.387. The molecule has 16 heteroatoms. The van der Waals surface area contributed by atoms with E-state index in [9.17, 15) is 38.1 Å². The average molecular weight is 667 g/mol. The number of nitriles is 1. The highest BCUT2D eigenvalue weighted by molar-refractivity contribution is 7.98. The molecule has 1 aromatic carbocycles. The second-order valence-electron chi connectivity index (χ2n) is 11.5. The van der Waals surface area contributed by atoms with Gasteiger partial charge in [0.05, 0.1) is 23.1 Å². The van der Waals surface area contributed by atoms with Crippen LogP contribution in [0.5, 0.6) is 0 Å². The maximum atomic E-state index is 14.6. The number of piperidine rings is 1. The van der Waals surface area contributed by atoms with Gasteiger partial charge in [-0.2, -0.15) is 18.4 Å². The number of pyridine rings is 2. The number of ether oxygens (including phenoxy) is 1. The van der Waals surface area contributed by atoms with Gasteiger partial charge in [0.25, 0.3) is 5.56 Å². The maximum absolute atomic E-state index is 14.6. The summed E-state index contributed by atoms with van der Waals surface area (Å²) in [5.74, 6) is 0. The van der Waals surface area contributed by atoms with Crippen molar-refractivity contribution in [2.45, 2.75) is 75.8 Å². The minimum absolute atomic E-state index is 0.0748. The van der Waals surface area contributed by atoms with Gasteiger partial charge in [-0.05, 0) is 70.6 Å². The van der Waals surface area contributed by atoms with Gasteiger partial charge in [-0.15, -0.1) is 11.8 Å². The van der Waals surface area contributed by atoms with Gasteiger partial charge < -0.3 is 15.0 Å². The van der Waals surface area contributed by atoms with Crippen molar-refractivity contribution in [3.05, 3.63) is 61.0 Å². The molecule has 1 amide bonds. The predicted octanol–water partition coefficient (Wildman–Crippen LogP) is 7.09. The number of carbonyl (C=O) groups excluding carboxylic acids is 1. The maximum Gasteiger partial charge on any atom is 0.431 e. The molecule has 4 rings (SSSR count). The number of aromatic nitrogens is 2. The van der Waals surface area contributed by atoms with E-state index < -0.39 is 57.3 Å². The van der Waals surface area contributed by atoms with Crippen molar-refractivity contribution >= 4 is 51.7 Å². The first-order valence-corrected chi connectivity index (χ1v) is 15.4. The quantitative estimate of drug-likeness (QED) is 0.166. The van der Waals surface area contributed by atoms with Crippen molar-refractivity contribution in [3.8, 4) is 11.8 Å². The van der Waals surface area contributed by atoms with Crippen LogP contribution in [-0.2, 0) is 10.9 Å². The van der Waals surface area contributed by atoms with Crippen LogP contribution in [0.15, 0.2) is 34.1 Å². The van der Waals surface area contributed by atoms with Gasteiger partial charge >= 0.3 is 18.0 Å². The number of nitro groups is 1. The highest BCUT2D eigenvalue weighted by Crippen LogP contribution is 2.42. The smallest absolute Gasteiger partial charge is 0.431 e. The van der Waals surface area contributed by atoms with Crippen LogP contribution in [0.4, 0.5) is 29.3 Å². The molecule has 0 aliphatic carbocycles. The Balaban J connectivity index is 1.92. The van der Waals surface area contributed by atoms with Crippen molar-refractivity contribution in [1.29, 1.82) is 5.26 Å². The number of halogens is 4. The molecule has 2 atom stereocenters. The fourth-order valence-corrected chi connectivity index (χ4v) is 6.00. The van der Waals surface area contributed by atoms with Gasteiger partial charge in [0.15, 0.2) is 5.03 Å². The Morgan fingerprint density at radius 1 is 1.33 bits per heavy atom. The highest BCUT2D eigenvalue weighted by atomic mass is 35.5. The summed E-state index contributed by atoms with van der Waals surface area (Å²) in [5.41, 5.74) is -4.51. The minimum atomic E-state index is -5.05. The zero-order chi connectivity index (χ0) is 33.4. The minimum Gasteiger partial charge on any atom is -0.444 e. The lowest BCUT2D eigenvalue weighted by atomic mass is 9.95. The molecule has 1 aliphatic rings. The van der Waals surface area contributed by atoms with Crippen molar-refractivity contribution < 1.29 is 27.6 Å². The Bertz CT molecular complexity index is 1770. The average Bonchev–Trinajstić information content (AvgIpc) is 2.93. The van der Waals surface area contributed by atoms with Crippen LogP contribution in [0.3, 0.4) is 0 Å². The molecule has 0 bridgehead atoms. The fourth-order valence-electron chi connectivity index (χ4n) is 5.28. The Hall–Kier alpha value is -4.03. The van der Waals surface area contributed by atoms with Crippen molar-refractivity contribution in [2.24, 2.45) is 0 Å². The van der Waals surface area contributed by atoms with E-state index in [1.54, 1.807) is 20.8 Å². The Morgan fingerprint density at radius 2 is 2.02 bits per heavy atom. The molecule has 2 aromatic heterocycles. The molecule has 0 spiro atoms. The first-order valence-electron chi connectivity index (χ1n) is 13.8. The van der Waals surface area contributed by atoms with E-state index >= 15 is 0 Å². The van der Waals surface area contributed by atoms with Crippen LogP contribution >= 0.6 is 23.4 Å². The van der Waals surface area contributed by atoms with Gasteiger partial charge in [-0.25, -0.2) is 9.78 Å². The third kappa shape index (κ3) is 6.96. The number of hydrogen-bond donors (Lipinski definition) is 1. The van der Waals surface area contributed by atoms with Crippen LogP contribution in [0.1, 0.15) is 51.3 Å². The number of fused-ring (bicyclic) bond motifs is 1. The van der Waals surface area contributed by atoms with Gasteiger partial charge in [-0.1, -0.05) is 17.7 Å². The molecule has 1 saturated heterocycles. The summed E-state index contributed by atoms with van der Waals surface area (Å²) in [6.45, 7) is 6.68. The lowest BCUT2D eigenvalue weighted by Crippen LogP contribution is -2.50. The normalized spacial score (nSPS) is 17.2. The van der Waals surface area contributed by atoms with E-state index in [2.05, 4.69) is 10.3 Å². The first-order chi connectivity index (χ1) is 21.0. The molecular weight excluding hydrogens is 637 g/mol. The van der Waals surface area contributed by atoms with Crippen molar-refractivity contribution in [1.82, 2.24) is 14.5 Å². The van der Waals surface area contributed by atoms with E-state index in [1.165, 1.54) is 36.3 Å². The number of amides is 1. The van der Waals surface area contributed by atoms with Crippen LogP contribution in [-0.4, -0.2) is 56.0 Å². The molecule has 11 nitrogen and oxygen atoms in total. The number of benzene rings is 1. The Kier molecular flexibility index (Phi) is 9.60. The van der Waals surface area contributed by atoms with Crippen LogP contribution in [0.2, 0.25) is 5.02 Å². The zero-order valence-electron chi connectivity index (χ0n) is 25.0. The number of thioether (sulfide) groups is 1. The van der Waals surface area contributed by atoms with E-state index in [4.69, 9.17) is 16.3 Å². The molecule has 1 aliphatic heterocycles. The molecule has 45 heavy (non-hydrogen) atoms. The SMILES string of the molecule is CSc1nc2c(=O)n(-c3cccc(Cl)c3C)c(C(F)(F)F)cc2c(N[C@H]2CCN(C(=O)OC(C)(C)C)[C@H](CC#N)C2)c1[N+](=O)[O-]. The summed E-state index contributed by atoms with van der Waals surface area (Å²) in [6.07, 6.45) is -3.90. The third-order valence-electron chi connectivity index (χ3n) is 7.27. The Morgan fingerprint density at radius 3 is 2.60 bits per heavy atom. The molecule has 0 radical (unpaired) electrons. The van der Waals surface area contributed by atoms with Crippen LogP contribution < -0.4 is 10.9 Å². The van der Waals surface area contributed by atoms with E-state index in [0.717, 1.165) is 11.8 Å². The van der Waals surface area contributed by atoms with Crippen molar-refractivity contribution in [3.63, 3.8) is 0 Å². The molecule has 240 valence electrons. The summed E-state index contributed by atoms with van der Waals surface area (Å²) in [6, 6.07) is 5.65. The second kappa shape index (κ2) is 12.8.